The molecule has 41 heavy (non-hydrogen) atoms. The predicted molar refractivity (Wildman–Crippen MR) is 171 cm³/mol. The molecule has 2 heteroatoms. The summed E-state index contributed by atoms with van der Waals surface area (Å²) in [5.41, 5.74) is 13.3. The van der Waals surface area contributed by atoms with Gasteiger partial charge in [0.15, 0.2) is 0 Å². The first-order valence-corrected chi connectivity index (χ1v) is 14.3. The zero-order chi connectivity index (χ0) is 27.3. The van der Waals surface area contributed by atoms with Gasteiger partial charge in [0.2, 0.25) is 0 Å². The Morgan fingerprint density at radius 3 is 2.10 bits per heavy atom. The Labute approximate surface area is 238 Å². The van der Waals surface area contributed by atoms with Gasteiger partial charge in [-0.15, -0.1) is 0 Å². The van der Waals surface area contributed by atoms with Crippen LogP contribution in [0.2, 0.25) is 0 Å². The van der Waals surface area contributed by atoms with E-state index in [0.717, 1.165) is 22.2 Å². The Morgan fingerprint density at radius 2 is 1.22 bits per heavy atom. The minimum Gasteiger partial charge on any atom is -0.456 e. The van der Waals surface area contributed by atoms with Crippen molar-refractivity contribution < 1.29 is 4.42 Å². The molecule has 0 amide bonds. The smallest absolute Gasteiger partial charge is 0.136 e. The molecule has 2 heterocycles. The molecule has 0 atom stereocenters. The third-order valence-corrected chi connectivity index (χ3v) is 9.21. The minimum absolute atomic E-state index is 0.0246. The number of rotatable bonds is 2. The van der Waals surface area contributed by atoms with Crippen molar-refractivity contribution in [2.45, 2.75) is 19.3 Å². The first kappa shape index (κ1) is 22.7. The number of aromatic nitrogens is 1. The summed E-state index contributed by atoms with van der Waals surface area (Å²) < 4.78 is 8.59. The van der Waals surface area contributed by atoms with Crippen molar-refractivity contribution in [1.82, 2.24) is 4.57 Å². The average molecular weight is 526 g/mol. The number of furan rings is 1. The number of hydrogen-bond acceptors (Lipinski definition) is 1. The van der Waals surface area contributed by atoms with Crippen molar-refractivity contribution in [3.63, 3.8) is 0 Å². The summed E-state index contributed by atoms with van der Waals surface area (Å²) >= 11 is 0. The minimum atomic E-state index is -0.0246. The highest BCUT2D eigenvalue weighted by atomic mass is 16.3. The van der Waals surface area contributed by atoms with Gasteiger partial charge in [-0.05, 0) is 75.8 Å². The summed E-state index contributed by atoms with van der Waals surface area (Å²) in [4.78, 5) is 0. The molecular weight excluding hydrogens is 498 g/mol. The molecule has 0 fully saturated rings. The van der Waals surface area contributed by atoms with Gasteiger partial charge < -0.3 is 8.98 Å². The molecule has 9 rings (SSSR count). The molecule has 2 nitrogen and oxygen atoms in total. The van der Waals surface area contributed by atoms with Crippen molar-refractivity contribution in [3.05, 3.63) is 139 Å². The molecular formula is C39H27NO. The van der Waals surface area contributed by atoms with Crippen LogP contribution in [0.4, 0.5) is 0 Å². The molecule has 0 N–H and O–H groups in total. The lowest BCUT2D eigenvalue weighted by Gasteiger charge is -2.21. The number of hydrogen-bond donors (Lipinski definition) is 0. The Kier molecular flexibility index (Phi) is 4.42. The second-order valence-electron chi connectivity index (χ2n) is 11.8. The van der Waals surface area contributed by atoms with Crippen LogP contribution in [-0.2, 0) is 5.41 Å². The largest absolute Gasteiger partial charge is 0.456 e. The van der Waals surface area contributed by atoms with Crippen molar-refractivity contribution in [2.24, 2.45) is 0 Å². The maximum atomic E-state index is 6.17. The van der Waals surface area contributed by atoms with Gasteiger partial charge in [-0.25, -0.2) is 0 Å². The van der Waals surface area contributed by atoms with E-state index in [2.05, 4.69) is 134 Å². The molecule has 0 bridgehead atoms. The van der Waals surface area contributed by atoms with Gasteiger partial charge in [-0.2, -0.15) is 0 Å². The van der Waals surface area contributed by atoms with Gasteiger partial charge >= 0.3 is 0 Å². The first-order chi connectivity index (χ1) is 20.1. The molecule has 6 aromatic carbocycles. The SMILES string of the molecule is CC1(C)c2ccccc2-c2cc3c(cc21)c1ccccc1n3-c1ccc(-c2cccc3oc4ccccc4c23)cc1. The molecule has 0 saturated heterocycles. The summed E-state index contributed by atoms with van der Waals surface area (Å²) in [6.45, 7) is 4.70. The summed E-state index contributed by atoms with van der Waals surface area (Å²) in [6.07, 6.45) is 0. The second kappa shape index (κ2) is 7.99. The van der Waals surface area contributed by atoms with E-state index in [0.29, 0.717) is 0 Å². The Hall–Kier alpha value is -5.08. The van der Waals surface area contributed by atoms with Crippen molar-refractivity contribution in [3.8, 4) is 27.9 Å². The van der Waals surface area contributed by atoms with E-state index < -0.39 is 0 Å². The molecule has 0 unspecified atom stereocenters. The maximum Gasteiger partial charge on any atom is 0.136 e. The number of para-hydroxylation sites is 2. The third-order valence-electron chi connectivity index (χ3n) is 9.21. The van der Waals surface area contributed by atoms with Crippen LogP contribution in [0.1, 0.15) is 25.0 Å². The predicted octanol–water partition coefficient (Wildman–Crippen LogP) is 10.7. The van der Waals surface area contributed by atoms with Crippen molar-refractivity contribution >= 4 is 43.7 Å². The first-order valence-electron chi connectivity index (χ1n) is 14.3. The number of benzene rings is 6. The monoisotopic (exact) mass is 525 g/mol. The lowest BCUT2D eigenvalue weighted by atomic mass is 9.82. The van der Waals surface area contributed by atoms with E-state index >= 15 is 0 Å². The zero-order valence-corrected chi connectivity index (χ0v) is 23.0. The molecule has 1 aliphatic carbocycles. The summed E-state index contributed by atoms with van der Waals surface area (Å²) in [5, 5.41) is 4.92. The van der Waals surface area contributed by atoms with Gasteiger partial charge in [0, 0.05) is 32.6 Å². The highest BCUT2D eigenvalue weighted by Gasteiger charge is 2.36. The molecule has 0 saturated carbocycles. The lowest BCUT2D eigenvalue weighted by molar-refractivity contribution is 0.661. The van der Waals surface area contributed by atoms with E-state index in [1.54, 1.807) is 0 Å². The Bertz CT molecular complexity index is 2330. The van der Waals surface area contributed by atoms with E-state index in [9.17, 15) is 0 Å². The fraction of sp³-hybridized carbons (Fsp3) is 0.0769. The molecule has 2 aromatic heterocycles. The lowest BCUT2D eigenvalue weighted by Crippen LogP contribution is -2.14. The summed E-state index contributed by atoms with van der Waals surface area (Å²) in [5.74, 6) is 0. The fourth-order valence-electron chi connectivity index (χ4n) is 7.25. The zero-order valence-electron chi connectivity index (χ0n) is 23.0. The quantitative estimate of drug-likeness (QED) is 0.219. The van der Waals surface area contributed by atoms with Crippen LogP contribution in [0.15, 0.2) is 132 Å². The van der Waals surface area contributed by atoms with Gasteiger partial charge in [0.05, 0.1) is 11.0 Å². The highest BCUT2D eigenvalue weighted by molar-refractivity contribution is 6.13. The van der Waals surface area contributed by atoms with Crippen molar-refractivity contribution in [1.29, 1.82) is 0 Å². The van der Waals surface area contributed by atoms with Crippen LogP contribution in [0.3, 0.4) is 0 Å². The van der Waals surface area contributed by atoms with Crippen molar-refractivity contribution in [2.75, 3.05) is 0 Å². The summed E-state index contributed by atoms with van der Waals surface area (Å²) in [6, 6.07) is 46.2. The number of fused-ring (bicyclic) bond motifs is 9. The third kappa shape index (κ3) is 3.02. The Balaban J connectivity index is 1.26. The maximum absolute atomic E-state index is 6.17. The van der Waals surface area contributed by atoms with Gasteiger partial charge in [0.25, 0.3) is 0 Å². The van der Waals surface area contributed by atoms with Crippen LogP contribution in [-0.4, -0.2) is 4.57 Å². The molecule has 0 spiro atoms. The van der Waals surface area contributed by atoms with Crippen LogP contribution in [0.25, 0.3) is 71.7 Å². The van der Waals surface area contributed by atoms with E-state index in [4.69, 9.17) is 4.42 Å². The van der Waals surface area contributed by atoms with Crippen LogP contribution in [0, 0.1) is 0 Å². The average Bonchev–Trinajstić information content (AvgIpc) is 3.62. The van der Waals surface area contributed by atoms with Crippen LogP contribution >= 0.6 is 0 Å². The number of nitrogens with zero attached hydrogens (tertiary/aromatic N) is 1. The van der Waals surface area contributed by atoms with E-state index in [1.807, 2.05) is 12.1 Å². The molecule has 0 radical (unpaired) electrons. The topological polar surface area (TPSA) is 18.1 Å². The van der Waals surface area contributed by atoms with Gasteiger partial charge in [0.1, 0.15) is 11.2 Å². The van der Waals surface area contributed by atoms with E-state index in [-0.39, 0.29) is 5.41 Å². The van der Waals surface area contributed by atoms with Crippen LogP contribution in [0.5, 0.6) is 0 Å². The van der Waals surface area contributed by atoms with E-state index in [1.165, 1.54) is 60.6 Å². The highest BCUT2D eigenvalue weighted by Crippen LogP contribution is 2.51. The Morgan fingerprint density at radius 1 is 0.512 bits per heavy atom. The molecule has 8 aromatic rings. The second-order valence-corrected chi connectivity index (χ2v) is 11.8. The summed E-state index contributed by atoms with van der Waals surface area (Å²) in [7, 11) is 0. The molecule has 194 valence electrons. The molecule has 1 aliphatic rings. The fourth-order valence-corrected chi connectivity index (χ4v) is 7.25. The van der Waals surface area contributed by atoms with Gasteiger partial charge in [-0.1, -0.05) is 98.8 Å². The molecule has 0 aliphatic heterocycles. The standard InChI is InChI=1S/C39H27NO/c1-39(2)32-14-6-3-10-27(32)30-23-35-31(22-33(30)39)28-11-4-7-15-34(28)40(35)25-20-18-24(19-21-25)26-13-9-17-37-38(26)29-12-5-8-16-36(29)41-37/h3-23H,1-2H3. The van der Waals surface area contributed by atoms with Gasteiger partial charge in [-0.3, -0.25) is 0 Å². The normalized spacial score (nSPS) is 13.8. The van der Waals surface area contributed by atoms with Crippen LogP contribution < -0.4 is 0 Å².